The number of ether oxygens (including phenoxy) is 2. The van der Waals surface area contributed by atoms with Crippen molar-refractivity contribution in [2.24, 2.45) is 10.9 Å². The van der Waals surface area contributed by atoms with Crippen LogP contribution in [0.3, 0.4) is 0 Å². The molecule has 30 heavy (non-hydrogen) atoms. The van der Waals surface area contributed by atoms with E-state index >= 15 is 0 Å². The van der Waals surface area contributed by atoms with Crippen molar-refractivity contribution in [1.82, 2.24) is 15.5 Å². The Kier molecular flexibility index (Phi) is 8.97. The van der Waals surface area contributed by atoms with Crippen LogP contribution < -0.4 is 10.6 Å². The molecule has 168 valence electrons. The van der Waals surface area contributed by atoms with Crippen molar-refractivity contribution in [3.63, 3.8) is 0 Å². The summed E-state index contributed by atoms with van der Waals surface area (Å²) in [5.41, 5.74) is 2.42. The molecule has 1 aromatic rings. The van der Waals surface area contributed by atoms with Crippen molar-refractivity contribution < 1.29 is 9.47 Å². The maximum atomic E-state index is 6.07. The zero-order valence-corrected chi connectivity index (χ0v) is 19.2. The number of likely N-dealkylation sites (tertiary alicyclic amines) is 1. The molecule has 2 N–H and O–H groups in total. The van der Waals surface area contributed by atoms with Crippen LogP contribution in [0.2, 0.25) is 0 Å². The molecule has 6 nitrogen and oxygen atoms in total. The van der Waals surface area contributed by atoms with E-state index in [-0.39, 0.29) is 0 Å². The van der Waals surface area contributed by atoms with Crippen LogP contribution in [0, 0.1) is 5.92 Å². The molecule has 0 aliphatic carbocycles. The van der Waals surface area contributed by atoms with E-state index in [1.165, 1.54) is 11.1 Å². The van der Waals surface area contributed by atoms with Gasteiger partial charge < -0.3 is 20.1 Å². The number of nitrogens with zero attached hydrogens (tertiary/aromatic N) is 2. The molecular weight excluding hydrogens is 376 g/mol. The highest BCUT2D eigenvalue weighted by atomic mass is 16.5. The molecule has 6 heteroatoms. The number of benzene rings is 1. The van der Waals surface area contributed by atoms with E-state index in [4.69, 9.17) is 14.5 Å². The standard InChI is InChI=1S/C24H40N4O2/c1-5-25-24(27-23-16-28(18(2)3)15-19(23)4)26-14-20-7-6-8-21(13-20)17-30-22-9-11-29-12-10-22/h6-8,13,18-19,22-23H,5,9-12,14-17H2,1-4H3,(H2,25,26,27). The lowest BCUT2D eigenvalue weighted by Gasteiger charge is -2.22. The van der Waals surface area contributed by atoms with Crippen LogP contribution in [0.15, 0.2) is 29.3 Å². The molecule has 0 saturated carbocycles. The summed E-state index contributed by atoms with van der Waals surface area (Å²) in [4.78, 5) is 7.40. The second-order valence-corrected chi connectivity index (χ2v) is 8.91. The monoisotopic (exact) mass is 416 g/mol. The van der Waals surface area contributed by atoms with E-state index in [1.807, 2.05) is 0 Å². The minimum Gasteiger partial charge on any atom is -0.381 e. The Morgan fingerprint density at radius 2 is 2.00 bits per heavy atom. The van der Waals surface area contributed by atoms with Gasteiger partial charge in [-0.2, -0.15) is 0 Å². The largest absolute Gasteiger partial charge is 0.381 e. The summed E-state index contributed by atoms with van der Waals surface area (Å²) in [5.74, 6) is 1.52. The zero-order chi connectivity index (χ0) is 21.3. The van der Waals surface area contributed by atoms with Gasteiger partial charge in [0.1, 0.15) is 0 Å². The van der Waals surface area contributed by atoms with Gasteiger partial charge in [-0.3, -0.25) is 4.90 Å². The average Bonchev–Trinajstić information content (AvgIpc) is 3.12. The third-order valence-corrected chi connectivity index (χ3v) is 6.10. The topological polar surface area (TPSA) is 58.1 Å². The van der Waals surface area contributed by atoms with Crippen molar-refractivity contribution in [1.29, 1.82) is 0 Å². The maximum absolute atomic E-state index is 6.07. The van der Waals surface area contributed by atoms with E-state index in [0.717, 1.165) is 51.6 Å². The van der Waals surface area contributed by atoms with Gasteiger partial charge in [0.2, 0.25) is 0 Å². The van der Waals surface area contributed by atoms with Crippen LogP contribution in [-0.2, 0) is 22.6 Å². The predicted molar refractivity (Wildman–Crippen MR) is 123 cm³/mol. The summed E-state index contributed by atoms with van der Waals surface area (Å²) in [6.07, 6.45) is 2.31. The Labute approximate surface area is 182 Å². The van der Waals surface area contributed by atoms with Crippen molar-refractivity contribution in [2.75, 3.05) is 32.8 Å². The number of rotatable bonds is 8. The van der Waals surface area contributed by atoms with Gasteiger partial charge >= 0.3 is 0 Å². The summed E-state index contributed by atoms with van der Waals surface area (Å²) in [5, 5.41) is 7.08. The molecule has 0 spiro atoms. The molecule has 2 aliphatic rings. The lowest BCUT2D eigenvalue weighted by atomic mass is 10.1. The second kappa shape index (κ2) is 11.7. The molecule has 2 atom stereocenters. The first kappa shape index (κ1) is 23.0. The SMILES string of the molecule is CCNC(=NCc1cccc(COC2CCOCC2)c1)NC1CN(C(C)C)CC1C. The average molecular weight is 417 g/mol. The van der Waals surface area contributed by atoms with Gasteiger partial charge in [-0.05, 0) is 50.7 Å². The minimum absolute atomic E-state index is 0.323. The molecule has 2 aliphatic heterocycles. The predicted octanol–water partition coefficient (Wildman–Crippen LogP) is 3.17. The van der Waals surface area contributed by atoms with Crippen molar-refractivity contribution >= 4 is 5.96 Å². The summed E-state index contributed by atoms with van der Waals surface area (Å²) in [6.45, 7) is 15.0. The molecule has 2 fully saturated rings. The number of hydrogen-bond donors (Lipinski definition) is 2. The van der Waals surface area contributed by atoms with Gasteiger partial charge in [-0.1, -0.05) is 31.2 Å². The molecule has 2 unspecified atom stereocenters. The van der Waals surface area contributed by atoms with Crippen LogP contribution in [0.25, 0.3) is 0 Å². The number of aliphatic imine (C=N–C) groups is 1. The van der Waals surface area contributed by atoms with E-state index in [1.54, 1.807) is 0 Å². The van der Waals surface area contributed by atoms with Crippen molar-refractivity contribution in [3.8, 4) is 0 Å². The van der Waals surface area contributed by atoms with Crippen LogP contribution >= 0.6 is 0 Å². The third-order valence-electron chi connectivity index (χ3n) is 6.10. The fourth-order valence-electron chi connectivity index (χ4n) is 4.15. The highest BCUT2D eigenvalue weighted by Crippen LogP contribution is 2.19. The quantitative estimate of drug-likeness (QED) is 0.504. The molecule has 0 radical (unpaired) electrons. The van der Waals surface area contributed by atoms with Gasteiger partial charge in [0.25, 0.3) is 0 Å². The highest BCUT2D eigenvalue weighted by molar-refractivity contribution is 5.80. The molecule has 0 amide bonds. The zero-order valence-electron chi connectivity index (χ0n) is 19.2. The van der Waals surface area contributed by atoms with Crippen LogP contribution in [0.4, 0.5) is 0 Å². The van der Waals surface area contributed by atoms with Gasteiger partial charge in [-0.15, -0.1) is 0 Å². The Hall–Kier alpha value is -1.63. The first-order valence-corrected chi connectivity index (χ1v) is 11.6. The number of hydrogen-bond acceptors (Lipinski definition) is 4. The van der Waals surface area contributed by atoms with Gasteiger partial charge in [0.05, 0.1) is 19.3 Å². The lowest BCUT2D eigenvalue weighted by Crippen LogP contribution is -2.46. The molecule has 3 rings (SSSR count). The first-order chi connectivity index (χ1) is 14.5. The summed E-state index contributed by atoms with van der Waals surface area (Å²) in [7, 11) is 0. The van der Waals surface area contributed by atoms with Crippen LogP contribution in [-0.4, -0.2) is 61.9 Å². The normalized spacial score (nSPS) is 23.8. The van der Waals surface area contributed by atoms with E-state index < -0.39 is 0 Å². The van der Waals surface area contributed by atoms with Crippen molar-refractivity contribution in [3.05, 3.63) is 35.4 Å². The Balaban J connectivity index is 1.55. The fourth-order valence-corrected chi connectivity index (χ4v) is 4.15. The first-order valence-electron chi connectivity index (χ1n) is 11.6. The van der Waals surface area contributed by atoms with Crippen molar-refractivity contribution in [2.45, 2.75) is 71.9 Å². The summed E-state index contributed by atoms with van der Waals surface area (Å²) < 4.78 is 11.5. The smallest absolute Gasteiger partial charge is 0.191 e. The van der Waals surface area contributed by atoms with Gasteiger partial charge in [0.15, 0.2) is 5.96 Å². The maximum Gasteiger partial charge on any atom is 0.191 e. The Bertz CT molecular complexity index is 673. The molecule has 1 aromatic carbocycles. The van der Waals surface area contributed by atoms with Crippen LogP contribution in [0.5, 0.6) is 0 Å². The molecule has 0 aromatic heterocycles. The van der Waals surface area contributed by atoms with E-state index in [0.29, 0.717) is 37.3 Å². The summed E-state index contributed by atoms with van der Waals surface area (Å²) >= 11 is 0. The van der Waals surface area contributed by atoms with E-state index in [2.05, 4.69) is 67.5 Å². The minimum atomic E-state index is 0.323. The molecular formula is C24H40N4O2. The Morgan fingerprint density at radius 3 is 2.70 bits per heavy atom. The Morgan fingerprint density at radius 1 is 1.23 bits per heavy atom. The molecule has 2 heterocycles. The van der Waals surface area contributed by atoms with Gasteiger partial charge in [-0.25, -0.2) is 4.99 Å². The lowest BCUT2D eigenvalue weighted by molar-refractivity contribution is -0.0390. The third kappa shape index (κ3) is 6.96. The van der Waals surface area contributed by atoms with Gasteiger partial charge in [0, 0.05) is 44.9 Å². The second-order valence-electron chi connectivity index (χ2n) is 8.91. The molecule has 2 saturated heterocycles. The number of guanidine groups is 1. The molecule has 0 bridgehead atoms. The van der Waals surface area contributed by atoms with Crippen LogP contribution in [0.1, 0.15) is 51.7 Å². The fraction of sp³-hybridized carbons (Fsp3) is 0.708. The number of nitrogens with one attached hydrogen (secondary N) is 2. The highest BCUT2D eigenvalue weighted by Gasteiger charge is 2.31. The summed E-state index contributed by atoms with van der Waals surface area (Å²) in [6, 6.07) is 9.62. The van der Waals surface area contributed by atoms with E-state index in [9.17, 15) is 0 Å².